The molecule has 0 fully saturated rings. The number of amides is 2. The van der Waals surface area contributed by atoms with Crippen LogP contribution in [-0.2, 0) is 16.3 Å². The summed E-state index contributed by atoms with van der Waals surface area (Å²) in [6.45, 7) is 5.25. The number of anilines is 1. The van der Waals surface area contributed by atoms with Crippen LogP contribution in [0.25, 0.3) is 0 Å². The highest BCUT2D eigenvalue weighted by Gasteiger charge is 2.37. The third-order valence-corrected chi connectivity index (χ3v) is 9.01. The Labute approximate surface area is 268 Å². The zero-order valence-electron chi connectivity index (χ0n) is 26.4. The number of pyridine rings is 1. The van der Waals surface area contributed by atoms with Crippen LogP contribution in [0.2, 0.25) is 0 Å². The molecular formula is C33H39N5O7S. The number of imide groups is 1. The summed E-state index contributed by atoms with van der Waals surface area (Å²) in [5.74, 6) is -0.0439. The molecule has 2 aliphatic rings. The second-order valence-electron chi connectivity index (χ2n) is 12.0. The normalized spacial score (nSPS) is 14.8. The average molecular weight is 650 g/mol. The maximum absolute atomic E-state index is 13.2. The molecule has 3 aromatic rings. The minimum Gasteiger partial charge on any atom is -0.491 e. The molecule has 1 atom stereocenters. The number of carbonyl (C=O) groups excluding carboxylic acids is 2. The number of hydrogen-bond acceptors (Lipinski definition) is 10. The van der Waals surface area contributed by atoms with Gasteiger partial charge in [-0.25, -0.2) is 8.42 Å². The molecule has 1 aromatic heterocycles. The van der Waals surface area contributed by atoms with Gasteiger partial charge in [0.15, 0.2) is 0 Å². The van der Waals surface area contributed by atoms with Gasteiger partial charge in [0.25, 0.3) is 17.4 Å². The summed E-state index contributed by atoms with van der Waals surface area (Å²) < 4.78 is 28.6. The summed E-state index contributed by atoms with van der Waals surface area (Å²) in [7, 11) is -1.27. The number of aliphatic hydroxyl groups is 1. The third kappa shape index (κ3) is 7.54. The molecule has 13 heteroatoms. The van der Waals surface area contributed by atoms with E-state index in [0.29, 0.717) is 53.5 Å². The van der Waals surface area contributed by atoms with Gasteiger partial charge in [-0.1, -0.05) is 17.7 Å². The quantitative estimate of drug-likeness (QED) is 0.223. The van der Waals surface area contributed by atoms with E-state index in [1.165, 1.54) is 17.4 Å². The van der Waals surface area contributed by atoms with Crippen LogP contribution in [0.4, 0.5) is 11.4 Å². The highest BCUT2D eigenvalue weighted by molar-refractivity contribution is 7.90. The minimum absolute atomic E-state index is 0.0438. The van der Waals surface area contributed by atoms with Crippen LogP contribution in [0.1, 0.15) is 49.4 Å². The largest absolute Gasteiger partial charge is 0.491 e. The van der Waals surface area contributed by atoms with Gasteiger partial charge in [0.1, 0.15) is 28.3 Å². The van der Waals surface area contributed by atoms with E-state index in [4.69, 9.17) is 4.74 Å². The standard InChI is InChI=1S/C33H39N5O7S/c1-20-6-7-29(21(2)14-20)45-19-23(39)18-35-26-8-9-34-31(40)30(26)28-16-22-15-24-25(17-27(22)36-28)33(42)38(32(24)41)11-5-10-37(3)12-13-46(4,43)44/h6-9,14-15,17,23,39H,5,10-13,16,18-19H2,1-4H3,(H2,34,35,40)/t23-/m1/s1. The van der Waals surface area contributed by atoms with Crippen molar-refractivity contribution in [3.63, 3.8) is 0 Å². The van der Waals surface area contributed by atoms with Gasteiger partial charge < -0.3 is 25.0 Å². The van der Waals surface area contributed by atoms with E-state index in [1.807, 2.05) is 36.9 Å². The molecule has 2 aromatic carbocycles. The number of aryl methyl sites for hydroxylation is 2. The van der Waals surface area contributed by atoms with Gasteiger partial charge in [0, 0.05) is 38.5 Å². The molecule has 3 heterocycles. The molecule has 0 saturated carbocycles. The van der Waals surface area contributed by atoms with Crippen LogP contribution >= 0.6 is 0 Å². The van der Waals surface area contributed by atoms with Gasteiger partial charge >= 0.3 is 0 Å². The molecule has 46 heavy (non-hydrogen) atoms. The van der Waals surface area contributed by atoms with Crippen molar-refractivity contribution in [1.29, 1.82) is 0 Å². The number of aliphatic hydroxyl groups excluding tert-OH is 1. The van der Waals surface area contributed by atoms with Crippen molar-refractivity contribution in [3.8, 4) is 5.75 Å². The minimum atomic E-state index is -3.07. The molecule has 0 aliphatic carbocycles. The predicted molar refractivity (Wildman–Crippen MR) is 177 cm³/mol. The Kier molecular flexibility index (Phi) is 9.75. The number of nitrogens with zero attached hydrogens (tertiary/aromatic N) is 3. The molecule has 0 saturated heterocycles. The van der Waals surface area contributed by atoms with Crippen LogP contribution in [0, 0.1) is 13.8 Å². The van der Waals surface area contributed by atoms with E-state index in [-0.39, 0.29) is 48.9 Å². The zero-order valence-corrected chi connectivity index (χ0v) is 27.2. The lowest BCUT2D eigenvalue weighted by atomic mass is 10.00. The lowest BCUT2D eigenvalue weighted by Crippen LogP contribution is -2.33. The first-order valence-corrected chi connectivity index (χ1v) is 17.2. The fraction of sp³-hybridized carbons (Fsp3) is 0.394. The number of carbonyl (C=O) groups is 2. The number of hydrogen-bond donors (Lipinski definition) is 3. The fourth-order valence-corrected chi connectivity index (χ4v) is 6.25. The summed E-state index contributed by atoms with van der Waals surface area (Å²) in [5, 5.41) is 13.7. The van der Waals surface area contributed by atoms with E-state index < -0.39 is 21.8 Å². The summed E-state index contributed by atoms with van der Waals surface area (Å²) in [6, 6.07) is 10.8. The third-order valence-electron chi connectivity index (χ3n) is 8.09. The van der Waals surface area contributed by atoms with Gasteiger partial charge in [-0.15, -0.1) is 0 Å². The Hall–Kier alpha value is -4.33. The van der Waals surface area contributed by atoms with E-state index in [9.17, 15) is 27.9 Å². The molecule has 0 spiro atoms. The molecule has 2 aliphatic heterocycles. The van der Waals surface area contributed by atoms with Crippen LogP contribution in [0.3, 0.4) is 0 Å². The second-order valence-corrected chi connectivity index (χ2v) is 14.3. The van der Waals surface area contributed by atoms with Crippen molar-refractivity contribution in [3.05, 3.63) is 86.3 Å². The number of ether oxygens (including phenoxy) is 1. The monoisotopic (exact) mass is 649 g/mol. The van der Waals surface area contributed by atoms with Crippen molar-refractivity contribution in [2.45, 2.75) is 32.8 Å². The fourth-order valence-electron chi connectivity index (χ4n) is 5.61. The highest BCUT2D eigenvalue weighted by atomic mass is 32.2. The molecule has 0 radical (unpaired) electrons. The van der Waals surface area contributed by atoms with E-state index >= 15 is 0 Å². The SMILES string of the molecule is Cc1ccc(OC[C@H](O)CNc2cc[nH]c(=O)c2C2=Nc3cc4c(cc3C2)C(=O)N(CCCN(C)CCS(C)(=O)=O)C4=O)c(C)c1. The highest BCUT2D eigenvalue weighted by Crippen LogP contribution is 2.36. The predicted octanol–water partition coefficient (Wildman–Crippen LogP) is 2.48. The summed E-state index contributed by atoms with van der Waals surface area (Å²) in [5.41, 5.74) is 4.86. The lowest BCUT2D eigenvalue weighted by Gasteiger charge is -2.18. The zero-order chi connectivity index (χ0) is 33.2. The molecule has 244 valence electrons. The number of fused-ring (bicyclic) bond motifs is 2. The van der Waals surface area contributed by atoms with Crippen molar-refractivity contribution in [1.82, 2.24) is 14.8 Å². The maximum Gasteiger partial charge on any atom is 0.261 e. The van der Waals surface area contributed by atoms with Crippen LogP contribution in [0.5, 0.6) is 5.75 Å². The number of H-pyrrole nitrogens is 1. The molecule has 0 bridgehead atoms. The number of aromatic nitrogens is 1. The van der Waals surface area contributed by atoms with E-state index in [1.54, 1.807) is 25.2 Å². The smallest absolute Gasteiger partial charge is 0.261 e. The molecule has 5 rings (SSSR count). The topological polar surface area (TPSA) is 161 Å². The van der Waals surface area contributed by atoms with Crippen molar-refractivity contribution >= 4 is 38.7 Å². The Bertz CT molecular complexity index is 1870. The average Bonchev–Trinajstić information content (AvgIpc) is 3.50. The Morgan fingerprint density at radius 3 is 2.54 bits per heavy atom. The first kappa shape index (κ1) is 33.0. The Balaban J connectivity index is 1.23. The van der Waals surface area contributed by atoms with E-state index in [0.717, 1.165) is 16.7 Å². The van der Waals surface area contributed by atoms with Crippen molar-refractivity contribution in [2.75, 3.05) is 57.2 Å². The Morgan fingerprint density at radius 1 is 1.09 bits per heavy atom. The van der Waals surface area contributed by atoms with Gasteiger partial charge in [0.05, 0.1) is 39.5 Å². The second kappa shape index (κ2) is 13.6. The van der Waals surface area contributed by atoms with E-state index in [2.05, 4.69) is 15.3 Å². The van der Waals surface area contributed by atoms with Crippen LogP contribution < -0.4 is 15.6 Å². The molecule has 0 unspecified atom stereocenters. The van der Waals surface area contributed by atoms with Crippen molar-refractivity contribution < 1.29 is 27.9 Å². The first-order valence-electron chi connectivity index (χ1n) is 15.1. The number of nitrogens with one attached hydrogen (secondary N) is 2. The number of rotatable bonds is 14. The molecule has 12 nitrogen and oxygen atoms in total. The first-order chi connectivity index (χ1) is 21.8. The number of sulfone groups is 1. The molecular weight excluding hydrogens is 610 g/mol. The summed E-state index contributed by atoms with van der Waals surface area (Å²) in [4.78, 5) is 49.8. The van der Waals surface area contributed by atoms with Gasteiger partial charge in [0.2, 0.25) is 0 Å². The molecule has 2 amide bonds. The number of benzene rings is 2. The van der Waals surface area contributed by atoms with Crippen molar-refractivity contribution in [2.24, 2.45) is 4.99 Å². The molecule has 3 N–H and O–H groups in total. The maximum atomic E-state index is 13.2. The Morgan fingerprint density at radius 2 is 1.83 bits per heavy atom. The van der Waals surface area contributed by atoms with Crippen LogP contribution in [0.15, 0.2) is 52.4 Å². The lowest BCUT2D eigenvalue weighted by molar-refractivity contribution is 0.0648. The van der Waals surface area contributed by atoms with Gasteiger partial charge in [-0.05, 0) is 69.3 Å². The number of aliphatic imine (C=N–C) groups is 1. The van der Waals surface area contributed by atoms with Gasteiger partial charge in [-0.3, -0.25) is 24.3 Å². The summed E-state index contributed by atoms with van der Waals surface area (Å²) in [6.07, 6.45) is 2.64. The summed E-state index contributed by atoms with van der Waals surface area (Å²) >= 11 is 0. The van der Waals surface area contributed by atoms with Gasteiger partial charge in [-0.2, -0.15) is 0 Å². The number of aromatic amines is 1. The van der Waals surface area contributed by atoms with Crippen LogP contribution in [-0.4, -0.2) is 104 Å².